The monoisotopic (exact) mass is 218 g/mol. The first-order valence-electron chi connectivity index (χ1n) is 5.03. The number of carboxylic acid groups (broad SMARTS) is 1. The largest absolute Gasteiger partial charge is 0.480 e. The minimum Gasteiger partial charge on any atom is -0.480 e. The van der Waals surface area contributed by atoms with E-state index in [1.807, 2.05) is 0 Å². The van der Waals surface area contributed by atoms with Crippen molar-refractivity contribution in [3.8, 4) is 0 Å². The quantitative estimate of drug-likeness (QED) is 0.511. The van der Waals surface area contributed by atoms with Crippen LogP contribution in [0.5, 0.6) is 0 Å². The van der Waals surface area contributed by atoms with Crippen molar-refractivity contribution in [3.63, 3.8) is 0 Å². The van der Waals surface area contributed by atoms with Gasteiger partial charge in [0.05, 0.1) is 13.2 Å². The van der Waals surface area contributed by atoms with Gasteiger partial charge in [-0.3, -0.25) is 9.59 Å². The summed E-state index contributed by atoms with van der Waals surface area (Å²) >= 11 is 0. The summed E-state index contributed by atoms with van der Waals surface area (Å²) in [5, 5.41) is 9.07. The molecule has 0 saturated carbocycles. The van der Waals surface area contributed by atoms with E-state index in [1.54, 1.807) is 20.8 Å². The number of ether oxygens (including phenoxy) is 2. The van der Waals surface area contributed by atoms with E-state index in [-0.39, 0.29) is 19.6 Å². The third-order valence-electron chi connectivity index (χ3n) is 2.23. The van der Waals surface area contributed by atoms with Crippen LogP contribution in [0.25, 0.3) is 0 Å². The first kappa shape index (κ1) is 13.9. The summed E-state index contributed by atoms with van der Waals surface area (Å²) in [5.41, 5.74) is -1.56. The molecule has 5 heteroatoms. The summed E-state index contributed by atoms with van der Waals surface area (Å²) in [6, 6.07) is 0. The number of esters is 1. The Kier molecular flexibility index (Phi) is 5.93. The fourth-order valence-corrected chi connectivity index (χ4v) is 1.15. The van der Waals surface area contributed by atoms with E-state index in [0.29, 0.717) is 6.61 Å². The Morgan fingerprint density at radius 3 is 2.13 bits per heavy atom. The molecule has 0 rings (SSSR count). The molecule has 0 fully saturated rings. The van der Waals surface area contributed by atoms with Crippen LogP contribution in [0.15, 0.2) is 0 Å². The summed E-state index contributed by atoms with van der Waals surface area (Å²) < 4.78 is 9.79. The van der Waals surface area contributed by atoms with Crippen molar-refractivity contribution in [2.75, 3.05) is 19.8 Å². The minimum atomic E-state index is -1.56. The van der Waals surface area contributed by atoms with Gasteiger partial charge in [-0.2, -0.15) is 0 Å². The molecule has 0 aromatic heterocycles. The Labute approximate surface area is 89.4 Å². The second-order valence-corrected chi connectivity index (χ2v) is 3.10. The SMILES string of the molecule is CCOCC(CC)(C(=O)O)C(=O)OCC. The van der Waals surface area contributed by atoms with Crippen LogP contribution in [0, 0.1) is 5.41 Å². The molecule has 0 bridgehead atoms. The lowest BCUT2D eigenvalue weighted by Crippen LogP contribution is -2.44. The Morgan fingerprint density at radius 2 is 1.80 bits per heavy atom. The number of rotatable bonds is 7. The van der Waals surface area contributed by atoms with Gasteiger partial charge in [-0.1, -0.05) is 6.92 Å². The molecule has 88 valence electrons. The highest BCUT2D eigenvalue weighted by atomic mass is 16.5. The lowest BCUT2D eigenvalue weighted by Gasteiger charge is -2.25. The van der Waals surface area contributed by atoms with Crippen molar-refractivity contribution in [2.24, 2.45) is 5.41 Å². The molecule has 0 aliphatic heterocycles. The first-order chi connectivity index (χ1) is 7.05. The molecule has 0 aromatic carbocycles. The molecule has 0 amide bonds. The molecule has 1 N–H and O–H groups in total. The van der Waals surface area contributed by atoms with Gasteiger partial charge in [-0.25, -0.2) is 0 Å². The molecule has 0 aromatic rings. The normalized spacial score (nSPS) is 14.3. The van der Waals surface area contributed by atoms with Gasteiger partial charge in [0, 0.05) is 6.61 Å². The van der Waals surface area contributed by atoms with E-state index in [9.17, 15) is 9.59 Å². The standard InChI is InChI=1S/C10H18O5/c1-4-10(8(11)12,7-14-5-2)9(13)15-6-3/h4-7H2,1-3H3,(H,11,12). The van der Waals surface area contributed by atoms with Crippen LogP contribution >= 0.6 is 0 Å². The van der Waals surface area contributed by atoms with E-state index >= 15 is 0 Å². The van der Waals surface area contributed by atoms with Gasteiger partial charge in [0.1, 0.15) is 0 Å². The molecule has 0 heterocycles. The minimum absolute atomic E-state index is 0.145. The molecular weight excluding hydrogens is 200 g/mol. The van der Waals surface area contributed by atoms with Crippen LogP contribution in [0.3, 0.4) is 0 Å². The van der Waals surface area contributed by atoms with Crippen LogP contribution in [0.4, 0.5) is 0 Å². The fourth-order valence-electron chi connectivity index (χ4n) is 1.15. The average Bonchev–Trinajstić information content (AvgIpc) is 2.19. The van der Waals surface area contributed by atoms with Crippen molar-refractivity contribution >= 4 is 11.9 Å². The maximum Gasteiger partial charge on any atom is 0.325 e. The van der Waals surface area contributed by atoms with Crippen LogP contribution < -0.4 is 0 Å². The fraction of sp³-hybridized carbons (Fsp3) is 0.800. The number of carboxylic acids is 1. The van der Waals surface area contributed by atoms with Gasteiger partial charge < -0.3 is 14.6 Å². The summed E-state index contributed by atoms with van der Waals surface area (Å²) in [6.07, 6.45) is 0.154. The lowest BCUT2D eigenvalue weighted by molar-refractivity contribution is -0.173. The average molecular weight is 218 g/mol. The highest BCUT2D eigenvalue weighted by Gasteiger charge is 2.46. The van der Waals surface area contributed by atoms with Crippen LogP contribution in [0.1, 0.15) is 27.2 Å². The summed E-state index contributed by atoms with van der Waals surface area (Å²) in [6.45, 7) is 5.40. The number of aliphatic carboxylic acids is 1. The van der Waals surface area contributed by atoms with Crippen LogP contribution in [-0.4, -0.2) is 36.9 Å². The molecular formula is C10H18O5. The molecule has 1 atom stereocenters. The van der Waals surface area contributed by atoms with Crippen LogP contribution in [0.2, 0.25) is 0 Å². The Bertz CT molecular complexity index is 226. The van der Waals surface area contributed by atoms with Crippen molar-refractivity contribution in [2.45, 2.75) is 27.2 Å². The third kappa shape index (κ3) is 3.20. The van der Waals surface area contributed by atoms with Gasteiger partial charge in [0.25, 0.3) is 0 Å². The number of hydrogen-bond acceptors (Lipinski definition) is 4. The first-order valence-corrected chi connectivity index (χ1v) is 5.03. The lowest BCUT2D eigenvalue weighted by atomic mass is 9.86. The van der Waals surface area contributed by atoms with Crippen molar-refractivity contribution in [3.05, 3.63) is 0 Å². The predicted octanol–water partition coefficient (Wildman–Crippen LogP) is 1.07. The van der Waals surface area contributed by atoms with Gasteiger partial charge >= 0.3 is 11.9 Å². The van der Waals surface area contributed by atoms with Gasteiger partial charge in [-0.05, 0) is 20.3 Å². The molecule has 0 saturated heterocycles. The van der Waals surface area contributed by atoms with Gasteiger partial charge in [0.2, 0.25) is 0 Å². The topological polar surface area (TPSA) is 72.8 Å². The van der Waals surface area contributed by atoms with Crippen molar-refractivity contribution in [1.29, 1.82) is 0 Å². The highest BCUT2D eigenvalue weighted by molar-refractivity contribution is 5.99. The predicted molar refractivity (Wildman–Crippen MR) is 53.5 cm³/mol. The zero-order valence-electron chi connectivity index (χ0n) is 9.41. The summed E-state index contributed by atoms with van der Waals surface area (Å²) in [5.74, 6) is -1.93. The zero-order valence-corrected chi connectivity index (χ0v) is 9.41. The molecule has 15 heavy (non-hydrogen) atoms. The number of carbonyl (C=O) groups is 2. The zero-order chi connectivity index (χ0) is 11.9. The third-order valence-corrected chi connectivity index (χ3v) is 2.23. The van der Waals surface area contributed by atoms with E-state index in [4.69, 9.17) is 14.6 Å². The van der Waals surface area contributed by atoms with Crippen molar-refractivity contribution in [1.82, 2.24) is 0 Å². The molecule has 1 unspecified atom stereocenters. The molecule has 0 radical (unpaired) electrons. The second kappa shape index (κ2) is 6.40. The Morgan fingerprint density at radius 1 is 1.20 bits per heavy atom. The Hall–Kier alpha value is -1.10. The van der Waals surface area contributed by atoms with E-state index in [0.717, 1.165) is 0 Å². The van der Waals surface area contributed by atoms with E-state index in [1.165, 1.54) is 0 Å². The maximum atomic E-state index is 11.6. The van der Waals surface area contributed by atoms with E-state index in [2.05, 4.69) is 0 Å². The Balaban J connectivity index is 4.79. The summed E-state index contributed by atoms with van der Waals surface area (Å²) in [7, 11) is 0. The van der Waals surface area contributed by atoms with Gasteiger partial charge in [-0.15, -0.1) is 0 Å². The summed E-state index contributed by atoms with van der Waals surface area (Å²) in [4.78, 5) is 22.7. The molecule has 0 aliphatic carbocycles. The molecule has 0 spiro atoms. The van der Waals surface area contributed by atoms with Gasteiger partial charge in [0.15, 0.2) is 5.41 Å². The number of hydrogen-bond donors (Lipinski definition) is 1. The second-order valence-electron chi connectivity index (χ2n) is 3.10. The smallest absolute Gasteiger partial charge is 0.325 e. The van der Waals surface area contributed by atoms with E-state index < -0.39 is 17.4 Å². The molecule has 5 nitrogen and oxygen atoms in total. The van der Waals surface area contributed by atoms with Crippen molar-refractivity contribution < 1.29 is 24.2 Å². The highest BCUT2D eigenvalue weighted by Crippen LogP contribution is 2.25. The molecule has 0 aliphatic rings. The number of carbonyl (C=O) groups excluding carboxylic acids is 1. The maximum absolute atomic E-state index is 11.6. The van der Waals surface area contributed by atoms with Crippen LogP contribution in [-0.2, 0) is 19.1 Å².